The minimum Gasteiger partial charge on any atom is -0.280 e. The summed E-state index contributed by atoms with van der Waals surface area (Å²) >= 11 is 0. The van der Waals surface area contributed by atoms with Gasteiger partial charge in [0.05, 0.1) is 6.54 Å². The van der Waals surface area contributed by atoms with Crippen LogP contribution in [0, 0.1) is 0 Å². The van der Waals surface area contributed by atoms with Crippen molar-refractivity contribution in [3.8, 4) is 5.69 Å². The number of nitrogens with zero attached hydrogens (tertiary/aromatic N) is 4. The average molecular weight is 282 g/mol. The monoisotopic (exact) mass is 282 g/mol. The highest BCUT2D eigenvalue weighted by atomic mass is 16.2. The highest BCUT2D eigenvalue weighted by Gasteiger charge is 2.12. The topological polar surface area (TPSA) is 61.3 Å². The molecule has 6 nitrogen and oxygen atoms in total. The standard InChI is InChI=1S/C15H14N4O2/c1-11(2)10-19-15(21)18-9-8-17(14(20)13(18)16-19)12-6-4-3-5-7-12/h3-9H,1,10H2,2H3. The van der Waals surface area contributed by atoms with E-state index in [1.54, 1.807) is 19.3 Å². The first-order valence-corrected chi connectivity index (χ1v) is 6.48. The summed E-state index contributed by atoms with van der Waals surface area (Å²) in [4.78, 5) is 24.6. The van der Waals surface area contributed by atoms with E-state index in [1.807, 2.05) is 30.3 Å². The van der Waals surface area contributed by atoms with Gasteiger partial charge in [-0.25, -0.2) is 13.9 Å². The molecular formula is C15H14N4O2. The van der Waals surface area contributed by atoms with Crippen LogP contribution in [-0.2, 0) is 6.54 Å². The molecule has 3 aromatic rings. The molecule has 106 valence electrons. The zero-order valence-electron chi connectivity index (χ0n) is 11.6. The van der Waals surface area contributed by atoms with Crippen molar-refractivity contribution in [1.82, 2.24) is 18.7 Å². The summed E-state index contributed by atoms with van der Waals surface area (Å²) in [5.41, 5.74) is 0.954. The van der Waals surface area contributed by atoms with E-state index in [9.17, 15) is 9.59 Å². The lowest BCUT2D eigenvalue weighted by Crippen LogP contribution is -2.24. The molecule has 6 heteroatoms. The van der Waals surface area contributed by atoms with Crippen molar-refractivity contribution in [1.29, 1.82) is 0 Å². The molecular weight excluding hydrogens is 268 g/mol. The molecule has 1 aromatic carbocycles. The maximum atomic E-state index is 12.5. The predicted molar refractivity (Wildman–Crippen MR) is 79.9 cm³/mol. The van der Waals surface area contributed by atoms with Crippen LogP contribution in [0.15, 0.2) is 64.5 Å². The molecule has 0 N–H and O–H groups in total. The fourth-order valence-electron chi connectivity index (χ4n) is 2.16. The molecule has 0 aliphatic heterocycles. The maximum Gasteiger partial charge on any atom is 0.350 e. The number of aromatic nitrogens is 4. The van der Waals surface area contributed by atoms with E-state index in [0.717, 1.165) is 11.3 Å². The lowest BCUT2D eigenvalue weighted by Gasteiger charge is -2.04. The van der Waals surface area contributed by atoms with Gasteiger partial charge in [-0.15, -0.1) is 5.10 Å². The minimum absolute atomic E-state index is 0.104. The average Bonchev–Trinajstić information content (AvgIpc) is 2.78. The summed E-state index contributed by atoms with van der Waals surface area (Å²) in [7, 11) is 0. The van der Waals surface area contributed by atoms with Crippen LogP contribution in [0.25, 0.3) is 11.3 Å². The van der Waals surface area contributed by atoms with Gasteiger partial charge in [0.1, 0.15) is 0 Å². The van der Waals surface area contributed by atoms with Crippen LogP contribution >= 0.6 is 0 Å². The Morgan fingerprint density at radius 3 is 2.57 bits per heavy atom. The second-order valence-electron chi connectivity index (χ2n) is 4.90. The van der Waals surface area contributed by atoms with Gasteiger partial charge in [-0.2, -0.15) is 0 Å². The summed E-state index contributed by atoms with van der Waals surface area (Å²) in [6, 6.07) is 9.20. The number of para-hydroxylation sites is 1. The first-order chi connectivity index (χ1) is 10.1. The molecule has 0 aliphatic carbocycles. The van der Waals surface area contributed by atoms with E-state index in [2.05, 4.69) is 11.7 Å². The lowest BCUT2D eigenvalue weighted by molar-refractivity contribution is 0.651. The van der Waals surface area contributed by atoms with Gasteiger partial charge < -0.3 is 0 Å². The van der Waals surface area contributed by atoms with Crippen LogP contribution in [0.2, 0.25) is 0 Å². The van der Waals surface area contributed by atoms with E-state index >= 15 is 0 Å². The fraction of sp³-hybridized carbons (Fsp3) is 0.133. The zero-order valence-corrected chi connectivity index (χ0v) is 11.6. The van der Waals surface area contributed by atoms with Crippen molar-refractivity contribution in [3.05, 3.63) is 75.7 Å². The second-order valence-corrected chi connectivity index (χ2v) is 4.90. The number of benzene rings is 1. The summed E-state index contributed by atoms with van der Waals surface area (Å²) in [5, 5.41) is 4.11. The number of allylic oxidation sites excluding steroid dienone is 1. The van der Waals surface area contributed by atoms with Crippen molar-refractivity contribution >= 4 is 5.65 Å². The first-order valence-electron chi connectivity index (χ1n) is 6.48. The van der Waals surface area contributed by atoms with E-state index in [4.69, 9.17) is 0 Å². The van der Waals surface area contributed by atoms with Crippen LogP contribution in [0.5, 0.6) is 0 Å². The van der Waals surface area contributed by atoms with Gasteiger partial charge in [0.15, 0.2) is 0 Å². The Bertz CT molecular complexity index is 932. The Hall–Kier alpha value is -2.89. The summed E-state index contributed by atoms with van der Waals surface area (Å²) in [6.45, 7) is 5.86. The third kappa shape index (κ3) is 2.20. The molecule has 0 spiro atoms. The van der Waals surface area contributed by atoms with Crippen molar-refractivity contribution in [2.45, 2.75) is 13.5 Å². The Labute approximate surface area is 120 Å². The highest BCUT2D eigenvalue weighted by molar-refractivity contribution is 5.39. The first kappa shape index (κ1) is 13.1. The third-order valence-electron chi connectivity index (χ3n) is 3.10. The van der Waals surface area contributed by atoms with Gasteiger partial charge >= 0.3 is 11.2 Å². The van der Waals surface area contributed by atoms with Gasteiger partial charge in [-0.05, 0) is 19.1 Å². The summed E-state index contributed by atoms with van der Waals surface area (Å²) in [6.07, 6.45) is 3.12. The Morgan fingerprint density at radius 1 is 1.19 bits per heavy atom. The molecule has 21 heavy (non-hydrogen) atoms. The molecule has 2 heterocycles. The molecule has 0 fully saturated rings. The van der Waals surface area contributed by atoms with E-state index in [-0.39, 0.29) is 16.9 Å². The second kappa shape index (κ2) is 4.90. The van der Waals surface area contributed by atoms with Gasteiger partial charge in [0.2, 0.25) is 5.65 Å². The van der Waals surface area contributed by atoms with Crippen molar-refractivity contribution < 1.29 is 0 Å². The fourth-order valence-corrected chi connectivity index (χ4v) is 2.16. The van der Waals surface area contributed by atoms with Crippen LogP contribution in [-0.4, -0.2) is 18.7 Å². The Morgan fingerprint density at radius 2 is 1.90 bits per heavy atom. The molecule has 0 aliphatic rings. The van der Waals surface area contributed by atoms with Crippen molar-refractivity contribution in [3.63, 3.8) is 0 Å². The Balaban J connectivity index is 2.25. The smallest absolute Gasteiger partial charge is 0.280 e. The molecule has 0 saturated carbocycles. The quantitative estimate of drug-likeness (QED) is 0.679. The van der Waals surface area contributed by atoms with Crippen LogP contribution in [0.3, 0.4) is 0 Å². The van der Waals surface area contributed by atoms with Crippen LogP contribution in [0.4, 0.5) is 0 Å². The Kier molecular flexibility index (Phi) is 3.06. The molecule has 0 radical (unpaired) electrons. The SMILES string of the molecule is C=C(C)Cn1nc2c(=O)n(-c3ccccc3)ccn2c1=O. The number of rotatable bonds is 3. The predicted octanol–water partition coefficient (Wildman–Crippen LogP) is 1.22. The van der Waals surface area contributed by atoms with E-state index in [1.165, 1.54) is 13.6 Å². The summed E-state index contributed by atoms with van der Waals surface area (Å²) in [5.74, 6) is 0. The maximum absolute atomic E-state index is 12.5. The van der Waals surface area contributed by atoms with Gasteiger partial charge in [-0.1, -0.05) is 30.4 Å². The number of hydrogen-bond acceptors (Lipinski definition) is 3. The lowest BCUT2D eigenvalue weighted by atomic mass is 10.3. The molecule has 0 atom stereocenters. The van der Waals surface area contributed by atoms with Gasteiger partial charge in [0, 0.05) is 18.1 Å². The van der Waals surface area contributed by atoms with Crippen molar-refractivity contribution in [2.75, 3.05) is 0 Å². The third-order valence-corrected chi connectivity index (χ3v) is 3.10. The molecule has 0 saturated heterocycles. The molecule has 3 rings (SSSR count). The largest absolute Gasteiger partial charge is 0.350 e. The highest BCUT2D eigenvalue weighted by Crippen LogP contribution is 2.04. The van der Waals surface area contributed by atoms with Gasteiger partial charge in [0.25, 0.3) is 0 Å². The molecule has 0 amide bonds. The van der Waals surface area contributed by atoms with Gasteiger partial charge in [-0.3, -0.25) is 9.36 Å². The summed E-state index contributed by atoms with van der Waals surface area (Å²) < 4.78 is 3.96. The number of fused-ring (bicyclic) bond motifs is 1. The molecule has 0 unspecified atom stereocenters. The van der Waals surface area contributed by atoms with E-state index < -0.39 is 0 Å². The molecule has 0 bridgehead atoms. The number of hydrogen-bond donors (Lipinski definition) is 0. The minimum atomic E-state index is -0.342. The normalized spacial score (nSPS) is 10.9. The van der Waals surface area contributed by atoms with Crippen LogP contribution in [0.1, 0.15) is 6.92 Å². The molecule has 2 aromatic heterocycles. The van der Waals surface area contributed by atoms with Crippen LogP contribution < -0.4 is 11.2 Å². The van der Waals surface area contributed by atoms with E-state index in [0.29, 0.717) is 6.54 Å². The van der Waals surface area contributed by atoms with Crippen molar-refractivity contribution in [2.24, 2.45) is 0 Å². The zero-order chi connectivity index (χ0) is 15.0.